The van der Waals surface area contributed by atoms with Gasteiger partial charge in [-0.2, -0.15) is 0 Å². The van der Waals surface area contributed by atoms with Gasteiger partial charge in [-0.05, 0) is 51.4 Å². The van der Waals surface area contributed by atoms with Gasteiger partial charge in [0.05, 0.1) is 0 Å². The standard InChI is InChI=1S/C11H24N2O/c1-2-5-12-6-3-7-13-8-4-11(9-13)10-14/h11-12,14H,2-10H2,1H3. The Morgan fingerprint density at radius 3 is 2.93 bits per heavy atom. The first-order valence-electron chi connectivity index (χ1n) is 5.90. The van der Waals surface area contributed by atoms with Gasteiger partial charge in [0, 0.05) is 13.2 Å². The van der Waals surface area contributed by atoms with Gasteiger partial charge in [-0.25, -0.2) is 0 Å². The summed E-state index contributed by atoms with van der Waals surface area (Å²) in [6.45, 7) is 8.30. The van der Waals surface area contributed by atoms with Crippen molar-refractivity contribution in [3.05, 3.63) is 0 Å². The fourth-order valence-corrected chi connectivity index (χ4v) is 1.99. The van der Waals surface area contributed by atoms with E-state index in [-0.39, 0.29) is 0 Å². The molecular formula is C11H24N2O. The molecule has 0 aromatic carbocycles. The van der Waals surface area contributed by atoms with Crippen molar-refractivity contribution in [3.8, 4) is 0 Å². The number of hydrogen-bond donors (Lipinski definition) is 2. The molecule has 84 valence electrons. The summed E-state index contributed by atoms with van der Waals surface area (Å²) in [5, 5.41) is 12.4. The Kier molecular flexibility index (Phi) is 6.15. The van der Waals surface area contributed by atoms with Crippen LogP contribution in [0.3, 0.4) is 0 Å². The molecule has 0 saturated carbocycles. The Bertz CT molecular complexity index is 141. The molecule has 1 aliphatic rings. The minimum Gasteiger partial charge on any atom is -0.396 e. The second kappa shape index (κ2) is 7.21. The van der Waals surface area contributed by atoms with E-state index < -0.39 is 0 Å². The highest BCUT2D eigenvalue weighted by Gasteiger charge is 2.20. The highest BCUT2D eigenvalue weighted by molar-refractivity contribution is 4.74. The van der Waals surface area contributed by atoms with Gasteiger partial charge in [-0.3, -0.25) is 0 Å². The van der Waals surface area contributed by atoms with Crippen LogP contribution in [0.2, 0.25) is 0 Å². The Hall–Kier alpha value is -0.120. The minimum absolute atomic E-state index is 0.366. The molecule has 1 unspecified atom stereocenters. The highest BCUT2D eigenvalue weighted by Crippen LogP contribution is 2.14. The maximum absolute atomic E-state index is 8.99. The van der Waals surface area contributed by atoms with Crippen molar-refractivity contribution in [3.63, 3.8) is 0 Å². The molecule has 1 aliphatic heterocycles. The molecule has 0 spiro atoms. The summed E-state index contributed by atoms with van der Waals surface area (Å²) in [7, 11) is 0. The van der Waals surface area contributed by atoms with Crippen LogP contribution in [-0.4, -0.2) is 49.3 Å². The number of aliphatic hydroxyl groups is 1. The molecule has 3 nitrogen and oxygen atoms in total. The van der Waals surface area contributed by atoms with E-state index in [2.05, 4.69) is 17.1 Å². The van der Waals surface area contributed by atoms with E-state index in [1.807, 2.05) is 0 Å². The highest BCUT2D eigenvalue weighted by atomic mass is 16.3. The lowest BCUT2D eigenvalue weighted by Gasteiger charge is -2.15. The summed E-state index contributed by atoms with van der Waals surface area (Å²) in [6.07, 6.45) is 3.63. The van der Waals surface area contributed by atoms with Crippen LogP contribution in [0, 0.1) is 5.92 Å². The predicted octanol–water partition coefficient (Wildman–Crippen LogP) is 0.690. The third kappa shape index (κ3) is 4.40. The summed E-state index contributed by atoms with van der Waals surface area (Å²) >= 11 is 0. The molecule has 0 aliphatic carbocycles. The average Bonchev–Trinajstić information content (AvgIpc) is 2.65. The number of nitrogens with one attached hydrogen (secondary N) is 1. The van der Waals surface area contributed by atoms with Crippen molar-refractivity contribution in [2.24, 2.45) is 5.92 Å². The van der Waals surface area contributed by atoms with Crippen LogP contribution in [0.25, 0.3) is 0 Å². The molecule has 2 N–H and O–H groups in total. The van der Waals surface area contributed by atoms with E-state index >= 15 is 0 Å². The summed E-state index contributed by atoms with van der Waals surface area (Å²) in [5.74, 6) is 0.540. The van der Waals surface area contributed by atoms with E-state index in [1.165, 1.54) is 32.4 Å². The van der Waals surface area contributed by atoms with Gasteiger partial charge in [-0.15, -0.1) is 0 Å². The van der Waals surface area contributed by atoms with Gasteiger partial charge in [0.1, 0.15) is 0 Å². The van der Waals surface area contributed by atoms with Crippen LogP contribution in [0.4, 0.5) is 0 Å². The Labute approximate surface area is 87.5 Å². The molecule has 1 fully saturated rings. The summed E-state index contributed by atoms with van der Waals surface area (Å²) in [5.41, 5.74) is 0. The molecule has 0 aromatic heterocycles. The van der Waals surface area contributed by atoms with E-state index in [0.29, 0.717) is 12.5 Å². The lowest BCUT2D eigenvalue weighted by molar-refractivity contribution is 0.221. The first-order chi connectivity index (χ1) is 6.86. The Morgan fingerprint density at radius 1 is 1.43 bits per heavy atom. The number of rotatable bonds is 7. The predicted molar refractivity (Wildman–Crippen MR) is 59.4 cm³/mol. The molecule has 1 heterocycles. The fraction of sp³-hybridized carbons (Fsp3) is 1.00. The van der Waals surface area contributed by atoms with Crippen molar-refractivity contribution in [1.29, 1.82) is 0 Å². The van der Waals surface area contributed by atoms with Gasteiger partial charge in [0.2, 0.25) is 0 Å². The number of likely N-dealkylation sites (tertiary alicyclic amines) is 1. The fourth-order valence-electron chi connectivity index (χ4n) is 1.99. The second-order valence-corrected chi connectivity index (χ2v) is 4.24. The van der Waals surface area contributed by atoms with Crippen LogP contribution in [0.15, 0.2) is 0 Å². The Balaban J connectivity index is 1.92. The lowest BCUT2D eigenvalue weighted by atomic mass is 10.1. The first-order valence-corrected chi connectivity index (χ1v) is 5.90. The molecule has 14 heavy (non-hydrogen) atoms. The quantitative estimate of drug-likeness (QED) is 0.594. The molecule has 1 saturated heterocycles. The zero-order valence-corrected chi connectivity index (χ0v) is 9.34. The largest absolute Gasteiger partial charge is 0.396 e. The van der Waals surface area contributed by atoms with Gasteiger partial charge in [0.15, 0.2) is 0 Å². The second-order valence-electron chi connectivity index (χ2n) is 4.24. The van der Waals surface area contributed by atoms with Crippen molar-refractivity contribution in [2.45, 2.75) is 26.2 Å². The van der Waals surface area contributed by atoms with Crippen molar-refractivity contribution in [2.75, 3.05) is 39.3 Å². The van der Waals surface area contributed by atoms with Gasteiger partial charge in [0.25, 0.3) is 0 Å². The molecule has 0 radical (unpaired) electrons. The van der Waals surface area contributed by atoms with Crippen LogP contribution in [-0.2, 0) is 0 Å². The number of hydrogen-bond acceptors (Lipinski definition) is 3. The molecule has 1 atom stereocenters. The minimum atomic E-state index is 0.366. The van der Waals surface area contributed by atoms with Gasteiger partial charge < -0.3 is 15.3 Å². The zero-order valence-electron chi connectivity index (χ0n) is 9.34. The molecule has 0 bridgehead atoms. The molecular weight excluding hydrogens is 176 g/mol. The maximum atomic E-state index is 8.99. The third-order valence-corrected chi connectivity index (χ3v) is 2.88. The smallest absolute Gasteiger partial charge is 0.0471 e. The van der Waals surface area contributed by atoms with E-state index in [0.717, 1.165) is 19.6 Å². The Morgan fingerprint density at radius 2 is 2.29 bits per heavy atom. The lowest BCUT2D eigenvalue weighted by Crippen LogP contribution is -2.26. The SMILES string of the molecule is CCCNCCCN1CCC(CO)C1. The molecule has 1 rings (SSSR count). The van der Waals surface area contributed by atoms with Crippen molar-refractivity contribution in [1.82, 2.24) is 10.2 Å². The third-order valence-electron chi connectivity index (χ3n) is 2.88. The van der Waals surface area contributed by atoms with Crippen molar-refractivity contribution < 1.29 is 5.11 Å². The summed E-state index contributed by atoms with van der Waals surface area (Å²) in [6, 6.07) is 0. The normalized spacial score (nSPS) is 23.1. The molecule has 0 amide bonds. The maximum Gasteiger partial charge on any atom is 0.0471 e. The topological polar surface area (TPSA) is 35.5 Å². The van der Waals surface area contributed by atoms with Crippen molar-refractivity contribution >= 4 is 0 Å². The average molecular weight is 200 g/mol. The first kappa shape index (κ1) is 12.0. The van der Waals surface area contributed by atoms with E-state index in [1.54, 1.807) is 0 Å². The monoisotopic (exact) mass is 200 g/mol. The van der Waals surface area contributed by atoms with Crippen LogP contribution in [0.5, 0.6) is 0 Å². The summed E-state index contributed by atoms with van der Waals surface area (Å²) in [4.78, 5) is 2.47. The van der Waals surface area contributed by atoms with E-state index in [9.17, 15) is 0 Å². The summed E-state index contributed by atoms with van der Waals surface area (Å²) < 4.78 is 0. The van der Waals surface area contributed by atoms with Gasteiger partial charge >= 0.3 is 0 Å². The number of aliphatic hydroxyl groups excluding tert-OH is 1. The zero-order chi connectivity index (χ0) is 10.2. The van der Waals surface area contributed by atoms with Crippen LogP contribution >= 0.6 is 0 Å². The number of nitrogens with zero attached hydrogens (tertiary/aromatic N) is 1. The van der Waals surface area contributed by atoms with Crippen LogP contribution < -0.4 is 5.32 Å². The molecule has 3 heteroatoms. The van der Waals surface area contributed by atoms with Gasteiger partial charge in [-0.1, -0.05) is 6.92 Å². The van der Waals surface area contributed by atoms with E-state index in [4.69, 9.17) is 5.11 Å². The molecule has 0 aromatic rings. The van der Waals surface area contributed by atoms with Crippen LogP contribution in [0.1, 0.15) is 26.2 Å².